The lowest BCUT2D eigenvalue weighted by molar-refractivity contribution is -0.668. The molecule has 1 aliphatic rings. The number of aryl methyl sites for hydroxylation is 2. The molecular formula is C26H29ClN2O6S4. The van der Waals surface area contributed by atoms with Gasteiger partial charge in [0, 0.05) is 40.8 Å². The summed E-state index contributed by atoms with van der Waals surface area (Å²) in [5.74, 6) is -0.763. The summed E-state index contributed by atoms with van der Waals surface area (Å²) in [6.45, 7) is 4.82. The van der Waals surface area contributed by atoms with Crippen LogP contribution in [-0.2, 0) is 26.8 Å². The Morgan fingerprint density at radius 2 is 1.90 bits per heavy atom. The van der Waals surface area contributed by atoms with Gasteiger partial charge in [0.2, 0.25) is 5.52 Å². The first kappa shape index (κ1) is 30.0. The van der Waals surface area contributed by atoms with Gasteiger partial charge in [-0.15, -0.1) is 0 Å². The van der Waals surface area contributed by atoms with Gasteiger partial charge < -0.3 is 9.45 Å². The third-order valence-corrected chi connectivity index (χ3v) is 10.2. The molecule has 39 heavy (non-hydrogen) atoms. The van der Waals surface area contributed by atoms with Crippen molar-refractivity contribution < 1.29 is 30.5 Å². The van der Waals surface area contributed by atoms with Crippen LogP contribution in [0, 0.1) is 6.92 Å². The number of aromatic nitrogens is 1. The van der Waals surface area contributed by atoms with E-state index in [1.807, 2.05) is 42.7 Å². The average molecular weight is 629 g/mol. The highest BCUT2D eigenvalue weighted by molar-refractivity contribution is 8.03. The van der Waals surface area contributed by atoms with E-state index in [2.05, 4.69) is 29.2 Å². The Kier molecular flexibility index (Phi) is 9.47. The minimum Gasteiger partial charge on any atom is -0.748 e. The second kappa shape index (κ2) is 12.3. The number of rotatable bonds is 11. The summed E-state index contributed by atoms with van der Waals surface area (Å²) in [5, 5.41) is 2.42. The Labute approximate surface area is 242 Å². The van der Waals surface area contributed by atoms with Crippen molar-refractivity contribution in [3.8, 4) is 0 Å². The van der Waals surface area contributed by atoms with Crippen molar-refractivity contribution in [1.82, 2.24) is 0 Å². The molecule has 0 saturated heterocycles. The normalized spacial score (nSPS) is 15.5. The molecule has 13 heteroatoms. The van der Waals surface area contributed by atoms with Crippen molar-refractivity contribution in [3.05, 3.63) is 68.7 Å². The molecule has 0 radical (unpaired) electrons. The van der Waals surface area contributed by atoms with Gasteiger partial charge in [-0.3, -0.25) is 4.55 Å². The molecule has 2 aromatic carbocycles. The summed E-state index contributed by atoms with van der Waals surface area (Å²) in [5.41, 5.74) is 3.98. The Hall–Kier alpha value is -1.93. The Morgan fingerprint density at radius 3 is 2.59 bits per heavy atom. The van der Waals surface area contributed by atoms with E-state index in [1.165, 1.54) is 0 Å². The molecule has 0 amide bonds. The standard InChI is InChI=1S/C26H29ClN2O6S4/c1-3-19(15-25-28(10-4-12-38(30,31)32)21-14-18(2)6-8-23(21)36-25)16-26-29(11-5-13-39(33,34)35)22-17-20(27)7-9-24(22)37-26/h6-9,14-17H,3-5,10-13H2,1-2H3,(H-,30,31,32,33,34,35). The minimum absolute atomic E-state index is 0.185. The van der Waals surface area contributed by atoms with Gasteiger partial charge in [-0.05, 0) is 61.2 Å². The summed E-state index contributed by atoms with van der Waals surface area (Å²) >= 11 is 9.41. The number of anilines is 1. The highest BCUT2D eigenvalue weighted by atomic mass is 35.5. The highest BCUT2D eigenvalue weighted by Gasteiger charge is 2.26. The fraction of sp³-hybridized carbons (Fsp3) is 0.346. The maximum absolute atomic E-state index is 11.3. The Morgan fingerprint density at radius 1 is 1.13 bits per heavy atom. The number of benzene rings is 2. The molecule has 2 heterocycles. The zero-order valence-electron chi connectivity index (χ0n) is 21.5. The predicted molar refractivity (Wildman–Crippen MR) is 158 cm³/mol. The molecule has 0 saturated carbocycles. The van der Waals surface area contributed by atoms with Crippen LogP contribution in [0.3, 0.4) is 0 Å². The van der Waals surface area contributed by atoms with E-state index < -0.39 is 26.0 Å². The van der Waals surface area contributed by atoms with E-state index >= 15 is 0 Å². The van der Waals surface area contributed by atoms with E-state index in [0.717, 1.165) is 42.0 Å². The molecule has 1 aromatic heterocycles. The van der Waals surface area contributed by atoms with Crippen LogP contribution in [0.4, 0.5) is 5.69 Å². The molecule has 0 bridgehead atoms. The lowest BCUT2D eigenvalue weighted by Gasteiger charge is -2.21. The maximum Gasteiger partial charge on any atom is 0.264 e. The summed E-state index contributed by atoms with van der Waals surface area (Å²) in [7, 11) is -8.38. The molecule has 0 spiro atoms. The Balaban J connectivity index is 1.71. The summed E-state index contributed by atoms with van der Waals surface area (Å²) in [6, 6.07) is 11.7. The Bertz CT molecular complexity index is 1660. The highest BCUT2D eigenvalue weighted by Crippen LogP contribution is 2.47. The van der Waals surface area contributed by atoms with Crippen molar-refractivity contribution in [2.45, 2.75) is 44.6 Å². The minimum atomic E-state index is -4.32. The van der Waals surface area contributed by atoms with Crippen molar-refractivity contribution >= 4 is 76.9 Å². The molecule has 0 unspecified atom stereocenters. The number of allylic oxidation sites excluding steroid dienone is 2. The number of nitrogens with zero attached hydrogens (tertiary/aromatic N) is 2. The van der Waals surface area contributed by atoms with E-state index in [9.17, 15) is 25.9 Å². The number of hydrogen-bond acceptors (Lipinski definition) is 8. The van der Waals surface area contributed by atoms with E-state index in [0.29, 0.717) is 24.5 Å². The fourth-order valence-electron chi connectivity index (χ4n) is 4.33. The third-order valence-electron chi connectivity index (χ3n) is 6.16. The van der Waals surface area contributed by atoms with Crippen LogP contribution in [0.1, 0.15) is 36.8 Å². The first-order valence-corrected chi connectivity index (χ1v) is 17.5. The van der Waals surface area contributed by atoms with Crippen LogP contribution in [0.2, 0.25) is 5.02 Å². The third kappa shape index (κ3) is 8.06. The first-order valence-electron chi connectivity index (χ1n) is 12.3. The van der Waals surface area contributed by atoms with Crippen LogP contribution >= 0.6 is 34.7 Å². The molecule has 0 atom stereocenters. The molecule has 1 N–H and O–H groups in total. The van der Waals surface area contributed by atoms with Gasteiger partial charge in [-0.2, -0.15) is 13.0 Å². The van der Waals surface area contributed by atoms with Gasteiger partial charge in [0.25, 0.3) is 15.1 Å². The van der Waals surface area contributed by atoms with Gasteiger partial charge in [-0.1, -0.05) is 47.7 Å². The van der Waals surface area contributed by atoms with Crippen molar-refractivity contribution in [2.75, 3.05) is 23.0 Å². The predicted octanol–water partition coefficient (Wildman–Crippen LogP) is 5.61. The van der Waals surface area contributed by atoms with Gasteiger partial charge in [0.05, 0.1) is 26.6 Å². The van der Waals surface area contributed by atoms with E-state index in [-0.39, 0.29) is 18.6 Å². The average Bonchev–Trinajstić information content (AvgIpc) is 3.34. The van der Waals surface area contributed by atoms with Crippen molar-refractivity contribution in [2.24, 2.45) is 0 Å². The SMILES string of the molecule is CCC(=Cc1sc2ccc(Cl)cc2[n+]1CCCS(=O)(=O)[O-])/C=C1\Sc2ccc(C)cc2N1CCCS(=O)(=O)O. The first-order chi connectivity index (χ1) is 18.3. The summed E-state index contributed by atoms with van der Waals surface area (Å²) in [6.07, 6.45) is 5.31. The van der Waals surface area contributed by atoms with Crippen LogP contribution in [-0.4, -0.2) is 44.0 Å². The number of fused-ring (bicyclic) bond motifs is 2. The van der Waals surface area contributed by atoms with Crippen LogP contribution in [0.25, 0.3) is 16.3 Å². The van der Waals surface area contributed by atoms with Gasteiger partial charge in [-0.25, -0.2) is 8.42 Å². The van der Waals surface area contributed by atoms with Gasteiger partial charge >= 0.3 is 0 Å². The molecule has 1 aliphatic heterocycles. The number of thiazole rings is 1. The quantitative estimate of drug-likeness (QED) is 0.215. The summed E-state index contributed by atoms with van der Waals surface area (Å²) < 4.78 is 68.4. The molecule has 3 aromatic rings. The zero-order chi connectivity index (χ0) is 28.4. The zero-order valence-corrected chi connectivity index (χ0v) is 25.5. The number of hydrogen-bond donors (Lipinski definition) is 1. The van der Waals surface area contributed by atoms with Gasteiger partial charge in [0.15, 0.2) is 6.54 Å². The monoisotopic (exact) mass is 628 g/mol. The molecular weight excluding hydrogens is 600 g/mol. The lowest BCUT2D eigenvalue weighted by atomic mass is 10.1. The van der Waals surface area contributed by atoms with Crippen molar-refractivity contribution in [3.63, 3.8) is 0 Å². The van der Waals surface area contributed by atoms with Crippen LogP contribution in [0.15, 0.2) is 58.0 Å². The van der Waals surface area contributed by atoms with Crippen LogP contribution < -0.4 is 9.47 Å². The fourth-order valence-corrected chi connectivity index (χ4v) is 7.76. The molecule has 210 valence electrons. The van der Waals surface area contributed by atoms with E-state index in [1.54, 1.807) is 23.1 Å². The lowest BCUT2D eigenvalue weighted by Crippen LogP contribution is -2.36. The second-order valence-corrected chi connectivity index (χ2v) is 14.9. The van der Waals surface area contributed by atoms with Crippen LogP contribution in [0.5, 0.6) is 0 Å². The molecule has 8 nitrogen and oxygen atoms in total. The van der Waals surface area contributed by atoms with Gasteiger partial charge in [0.1, 0.15) is 4.70 Å². The van der Waals surface area contributed by atoms with E-state index in [4.69, 9.17) is 11.6 Å². The topological polar surface area (TPSA) is 119 Å². The molecule has 4 rings (SSSR count). The summed E-state index contributed by atoms with van der Waals surface area (Å²) in [4.78, 5) is 3.15. The molecule has 0 fully saturated rings. The number of thioether (sulfide) groups is 1. The number of halogens is 1. The molecule has 0 aliphatic carbocycles. The largest absolute Gasteiger partial charge is 0.748 e. The second-order valence-electron chi connectivity index (χ2n) is 9.24. The van der Waals surface area contributed by atoms with Crippen molar-refractivity contribution in [1.29, 1.82) is 0 Å². The smallest absolute Gasteiger partial charge is 0.264 e. The maximum atomic E-state index is 11.3.